The Bertz CT molecular complexity index is 801. The van der Waals surface area contributed by atoms with Crippen molar-refractivity contribution in [3.05, 3.63) is 30.0 Å². The van der Waals surface area contributed by atoms with E-state index in [4.69, 9.17) is 9.47 Å². The first-order valence-electron chi connectivity index (χ1n) is 9.37. The van der Waals surface area contributed by atoms with Crippen LogP contribution in [0.25, 0.3) is 10.9 Å². The molecule has 6 heteroatoms. The first-order chi connectivity index (χ1) is 12.5. The highest BCUT2D eigenvalue weighted by atomic mass is 16.5. The lowest BCUT2D eigenvalue weighted by molar-refractivity contribution is -0.0683. The van der Waals surface area contributed by atoms with Crippen LogP contribution in [-0.4, -0.2) is 60.8 Å². The maximum atomic E-state index is 12.7. The van der Waals surface area contributed by atoms with Gasteiger partial charge < -0.3 is 19.8 Å². The van der Waals surface area contributed by atoms with Crippen LogP contribution in [0.3, 0.4) is 0 Å². The number of carbonyl (C=O) groups is 1. The van der Waals surface area contributed by atoms with Gasteiger partial charge in [-0.2, -0.15) is 0 Å². The second kappa shape index (κ2) is 6.93. The Morgan fingerprint density at radius 3 is 3.00 bits per heavy atom. The first-order valence-corrected chi connectivity index (χ1v) is 9.37. The van der Waals surface area contributed by atoms with E-state index in [9.17, 15) is 4.79 Å². The van der Waals surface area contributed by atoms with Crippen LogP contribution >= 0.6 is 0 Å². The minimum Gasteiger partial charge on any atom is -0.496 e. The van der Waals surface area contributed by atoms with Gasteiger partial charge in [-0.05, 0) is 30.5 Å². The average molecular weight is 357 g/mol. The Balaban J connectivity index is 1.43. The summed E-state index contributed by atoms with van der Waals surface area (Å²) in [5, 5.41) is 4.11. The van der Waals surface area contributed by atoms with Crippen LogP contribution in [0.15, 0.2) is 24.3 Å². The average Bonchev–Trinajstić information content (AvgIpc) is 3.23. The lowest BCUT2D eigenvalue weighted by Crippen LogP contribution is -2.48. The number of hydrogen-bond donors (Lipinski definition) is 2. The van der Waals surface area contributed by atoms with Gasteiger partial charge in [0.05, 0.1) is 19.8 Å². The number of H-pyrrole nitrogens is 1. The monoisotopic (exact) mass is 357 g/mol. The molecule has 4 rings (SSSR count). The third kappa shape index (κ3) is 3.19. The lowest BCUT2D eigenvalue weighted by atomic mass is 10.0. The molecule has 0 bridgehead atoms. The molecule has 3 heterocycles. The topological polar surface area (TPSA) is 66.6 Å². The van der Waals surface area contributed by atoms with Crippen molar-refractivity contribution in [3.63, 3.8) is 0 Å². The molecule has 3 atom stereocenters. The molecule has 1 amide bonds. The zero-order valence-corrected chi connectivity index (χ0v) is 15.6. The lowest BCUT2D eigenvalue weighted by Gasteiger charge is -2.36. The van der Waals surface area contributed by atoms with Crippen molar-refractivity contribution in [3.8, 4) is 5.75 Å². The molecule has 2 saturated heterocycles. The summed E-state index contributed by atoms with van der Waals surface area (Å²) in [5.41, 5.74) is 1.48. The number of hydrogen-bond acceptors (Lipinski definition) is 4. The molecule has 1 aromatic carbocycles. The number of rotatable bonds is 4. The molecule has 0 saturated carbocycles. The number of nitrogens with one attached hydrogen (secondary N) is 2. The van der Waals surface area contributed by atoms with Crippen molar-refractivity contribution >= 4 is 16.8 Å². The molecular formula is C20H27N3O3. The number of nitrogens with zero attached hydrogens (tertiary/aromatic N) is 1. The molecular weight excluding hydrogens is 330 g/mol. The highest BCUT2D eigenvalue weighted by Gasteiger charge is 2.38. The number of fused-ring (bicyclic) bond motifs is 2. The van der Waals surface area contributed by atoms with Gasteiger partial charge in [-0.15, -0.1) is 0 Å². The highest BCUT2D eigenvalue weighted by Crippen LogP contribution is 2.28. The van der Waals surface area contributed by atoms with E-state index < -0.39 is 0 Å². The summed E-state index contributed by atoms with van der Waals surface area (Å²) in [5.74, 6) is 1.23. The Morgan fingerprint density at radius 2 is 2.23 bits per heavy atom. The summed E-state index contributed by atoms with van der Waals surface area (Å²) in [6.07, 6.45) is 1.24. The largest absolute Gasteiger partial charge is 0.496 e. The fraction of sp³-hybridized carbons (Fsp3) is 0.550. The quantitative estimate of drug-likeness (QED) is 0.882. The number of aromatic amines is 1. The Labute approximate surface area is 153 Å². The summed E-state index contributed by atoms with van der Waals surface area (Å²) in [6, 6.07) is 8.21. The van der Waals surface area contributed by atoms with E-state index in [1.54, 1.807) is 7.11 Å². The van der Waals surface area contributed by atoms with Gasteiger partial charge in [0.15, 0.2) is 0 Å². The van der Waals surface area contributed by atoms with Gasteiger partial charge in [-0.3, -0.25) is 9.69 Å². The molecule has 2 N–H and O–H groups in total. The van der Waals surface area contributed by atoms with E-state index in [2.05, 4.69) is 29.0 Å². The molecule has 2 fully saturated rings. The highest BCUT2D eigenvalue weighted by molar-refractivity contribution is 5.99. The van der Waals surface area contributed by atoms with Crippen LogP contribution in [-0.2, 0) is 4.74 Å². The fourth-order valence-corrected chi connectivity index (χ4v) is 4.10. The van der Waals surface area contributed by atoms with Crippen molar-refractivity contribution in [2.45, 2.75) is 38.5 Å². The summed E-state index contributed by atoms with van der Waals surface area (Å²) >= 11 is 0. The van der Waals surface area contributed by atoms with Crippen molar-refractivity contribution < 1.29 is 14.3 Å². The molecule has 1 aromatic heterocycles. The molecule has 2 aliphatic rings. The maximum absolute atomic E-state index is 12.7. The van der Waals surface area contributed by atoms with E-state index >= 15 is 0 Å². The molecule has 2 aromatic rings. The molecule has 0 unspecified atom stereocenters. The van der Waals surface area contributed by atoms with Gasteiger partial charge in [-0.1, -0.05) is 19.9 Å². The summed E-state index contributed by atoms with van der Waals surface area (Å²) < 4.78 is 11.4. The number of carbonyl (C=O) groups excluding carboxylic acids is 1. The van der Waals surface area contributed by atoms with Crippen molar-refractivity contribution in [1.29, 1.82) is 0 Å². The van der Waals surface area contributed by atoms with E-state index in [1.165, 1.54) is 0 Å². The number of ether oxygens (including phenoxy) is 2. The van der Waals surface area contributed by atoms with E-state index in [0.717, 1.165) is 42.8 Å². The van der Waals surface area contributed by atoms with Gasteiger partial charge in [-0.25, -0.2) is 0 Å². The molecule has 26 heavy (non-hydrogen) atoms. The molecule has 0 aliphatic carbocycles. The van der Waals surface area contributed by atoms with E-state index in [-0.39, 0.29) is 11.9 Å². The van der Waals surface area contributed by atoms with Crippen molar-refractivity contribution in [1.82, 2.24) is 15.2 Å². The number of methoxy groups -OCH3 is 1. The van der Waals surface area contributed by atoms with Gasteiger partial charge >= 0.3 is 0 Å². The number of aromatic nitrogens is 1. The Morgan fingerprint density at radius 1 is 1.38 bits per heavy atom. The number of amides is 1. The van der Waals surface area contributed by atoms with Crippen LogP contribution in [0.1, 0.15) is 30.8 Å². The first kappa shape index (κ1) is 17.4. The fourth-order valence-electron chi connectivity index (χ4n) is 4.10. The minimum absolute atomic E-state index is 0.0607. The van der Waals surface area contributed by atoms with Crippen LogP contribution < -0.4 is 10.1 Å². The summed E-state index contributed by atoms with van der Waals surface area (Å²) in [6.45, 7) is 7.01. The number of morpholine rings is 1. The van der Waals surface area contributed by atoms with Crippen LogP contribution in [0.4, 0.5) is 0 Å². The third-order valence-corrected chi connectivity index (χ3v) is 5.61. The maximum Gasteiger partial charge on any atom is 0.267 e. The van der Waals surface area contributed by atoms with Gasteiger partial charge in [0, 0.05) is 36.1 Å². The minimum atomic E-state index is -0.0607. The molecule has 0 radical (unpaired) electrons. The molecule has 0 spiro atoms. The zero-order chi connectivity index (χ0) is 18.3. The SMILES string of the molecule is COc1cccc2[nH]c(C(=O)N[C@@H]3C[C@H]4CO[C@@H](C(C)C)CN4C3)cc12. The predicted octanol–water partition coefficient (Wildman–Crippen LogP) is 2.40. The second-order valence-electron chi connectivity index (χ2n) is 7.73. The molecule has 6 nitrogen and oxygen atoms in total. The normalized spacial score (nSPS) is 26.2. The van der Waals surface area contributed by atoms with Crippen molar-refractivity contribution in [2.24, 2.45) is 5.92 Å². The Kier molecular flexibility index (Phi) is 4.63. The van der Waals surface area contributed by atoms with E-state index in [0.29, 0.717) is 23.8 Å². The van der Waals surface area contributed by atoms with Crippen molar-refractivity contribution in [2.75, 3.05) is 26.8 Å². The van der Waals surface area contributed by atoms with Gasteiger partial charge in [0.1, 0.15) is 11.4 Å². The third-order valence-electron chi connectivity index (χ3n) is 5.61. The number of benzene rings is 1. The smallest absolute Gasteiger partial charge is 0.267 e. The van der Waals surface area contributed by atoms with Crippen LogP contribution in [0.2, 0.25) is 0 Å². The summed E-state index contributed by atoms with van der Waals surface area (Å²) in [7, 11) is 1.64. The molecule has 140 valence electrons. The standard InChI is InChI=1S/C20H27N3O3/c1-12(2)19-10-23-9-13(7-14(23)11-26-19)21-20(24)17-8-15-16(22-17)5-4-6-18(15)25-3/h4-6,8,12-14,19,22H,7,9-11H2,1-3H3,(H,21,24)/t13-,14+,19-/m1/s1. The Hall–Kier alpha value is -2.05. The van der Waals surface area contributed by atoms with E-state index in [1.807, 2.05) is 24.3 Å². The van der Waals surface area contributed by atoms with Gasteiger partial charge in [0.25, 0.3) is 5.91 Å². The van der Waals surface area contributed by atoms with Crippen LogP contribution in [0, 0.1) is 5.92 Å². The van der Waals surface area contributed by atoms with Crippen LogP contribution in [0.5, 0.6) is 5.75 Å². The predicted molar refractivity (Wildman–Crippen MR) is 101 cm³/mol. The summed E-state index contributed by atoms with van der Waals surface area (Å²) in [4.78, 5) is 18.4. The van der Waals surface area contributed by atoms with Gasteiger partial charge in [0.2, 0.25) is 0 Å². The zero-order valence-electron chi connectivity index (χ0n) is 15.6. The molecule has 2 aliphatic heterocycles. The second-order valence-corrected chi connectivity index (χ2v) is 7.73.